The molecule has 27 heavy (non-hydrogen) atoms. The van der Waals surface area contributed by atoms with E-state index in [1.165, 1.54) is 18.9 Å². The number of rotatable bonds is 5. The molecule has 2 aliphatic rings. The lowest BCUT2D eigenvalue weighted by Crippen LogP contribution is -2.41. The Hall–Kier alpha value is -1.99. The van der Waals surface area contributed by atoms with Crippen molar-refractivity contribution in [2.24, 2.45) is 5.92 Å². The molecule has 1 aliphatic heterocycles. The standard InChI is InChI=1S/C20H25BFN3O2/c1-19(2)20(3,4)27-21(26-19)17(22)11-15-13-25(12-14-8-9-14)24-18(15)16-7-5-6-10-23-16/h5-7,10-11,13-14H,8-9,12H2,1-4H3. The van der Waals surface area contributed by atoms with Crippen molar-refractivity contribution in [1.82, 2.24) is 14.8 Å². The summed E-state index contributed by atoms with van der Waals surface area (Å²) in [4.78, 5) is 4.38. The highest BCUT2D eigenvalue weighted by atomic mass is 19.1. The summed E-state index contributed by atoms with van der Waals surface area (Å²) in [6.07, 6.45) is 7.52. The van der Waals surface area contributed by atoms with Gasteiger partial charge >= 0.3 is 7.12 Å². The van der Waals surface area contributed by atoms with Crippen LogP contribution in [0, 0.1) is 5.92 Å². The van der Waals surface area contributed by atoms with Crippen LogP contribution < -0.4 is 0 Å². The van der Waals surface area contributed by atoms with Gasteiger partial charge in [-0.1, -0.05) is 6.07 Å². The van der Waals surface area contributed by atoms with Crippen LogP contribution in [-0.4, -0.2) is 33.1 Å². The third-order valence-corrected chi connectivity index (χ3v) is 5.61. The molecule has 0 amide bonds. The number of hydrogen-bond acceptors (Lipinski definition) is 4. The first kappa shape index (κ1) is 18.4. The largest absolute Gasteiger partial charge is 0.525 e. The Balaban J connectivity index is 1.66. The minimum absolute atomic E-state index is 0.461. The topological polar surface area (TPSA) is 49.2 Å². The van der Waals surface area contributed by atoms with E-state index < -0.39 is 24.0 Å². The van der Waals surface area contributed by atoms with E-state index in [4.69, 9.17) is 9.31 Å². The van der Waals surface area contributed by atoms with Gasteiger partial charge in [0.05, 0.1) is 16.9 Å². The lowest BCUT2D eigenvalue weighted by atomic mass is 9.87. The molecule has 0 unspecified atom stereocenters. The predicted octanol–water partition coefficient (Wildman–Crippen LogP) is 4.30. The molecule has 0 spiro atoms. The average Bonchev–Trinajstić information content (AvgIpc) is 3.28. The monoisotopic (exact) mass is 369 g/mol. The van der Waals surface area contributed by atoms with Crippen LogP contribution in [0.2, 0.25) is 0 Å². The number of halogens is 1. The van der Waals surface area contributed by atoms with E-state index >= 15 is 4.39 Å². The molecule has 0 radical (unpaired) electrons. The van der Waals surface area contributed by atoms with Gasteiger partial charge in [0.15, 0.2) is 0 Å². The van der Waals surface area contributed by atoms with Crippen LogP contribution in [0.1, 0.15) is 46.1 Å². The molecular weight excluding hydrogens is 344 g/mol. The van der Waals surface area contributed by atoms with Gasteiger partial charge in [-0.3, -0.25) is 9.67 Å². The van der Waals surface area contributed by atoms with Crippen LogP contribution >= 0.6 is 0 Å². The predicted molar refractivity (Wildman–Crippen MR) is 103 cm³/mol. The van der Waals surface area contributed by atoms with E-state index in [1.54, 1.807) is 6.20 Å². The van der Waals surface area contributed by atoms with Crippen LogP contribution in [0.5, 0.6) is 0 Å². The zero-order valence-electron chi connectivity index (χ0n) is 16.3. The molecule has 0 atom stereocenters. The maximum Gasteiger partial charge on any atom is 0.525 e. The number of aromatic nitrogens is 3. The Bertz CT molecular complexity index is 843. The molecule has 0 aromatic carbocycles. The van der Waals surface area contributed by atoms with Crippen molar-refractivity contribution in [1.29, 1.82) is 0 Å². The van der Waals surface area contributed by atoms with E-state index in [2.05, 4.69) is 10.1 Å². The Morgan fingerprint density at radius 3 is 2.56 bits per heavy atom. The molecule has 1 saturated heterocycles. The van der Waals surface area contributed by atoms with E-state index in [0.29, 0.717) is 17.2 Å². The molecular formula is C20H25BFN3O2. The second kappa shape index (κ2) is 6.57. The Morgan fingerprint density at radius 2 is 1.96 bits per heavy atom. The summed E-state index contributed by atoms with van der Waals surface area (Å²) in [5, 5.41) is 4.66. The van der Waals surface area contributed by atoms with Crippen LogP contribution in [-0.2, 0) is 15.9 Å². The summed E-state index contributed by atoms with van der Waals surface area (Å²) in [6.45, 7) is 8.49. The second-order valence-electron chi connectivity index (χ2n) is 8.43. The summed E-state index contributed by atoms with van der Waals surface area (Å²) in [7, 11) is -1.02. The van der Waals surface area contributed by atoms with Crippen LogP contribution in [0.15, 0.2) is 36.3 Å². The van der Waals surface area contributed by atoms with Crippen LogP contribution in [0.25, 0.3) is 17.5 Å². The minimum atomic E-state index is -1.02. The Kier molecular flexibility index (Phi) is 4.47. The molecule has 2 fully saturated rings. The van der Waals surface area contributed by atoms with Crippen molar-refractivity contribution >= 4 is 13.2 Å². The Morgan fingerprint density at radius 1 is 1.26 bits per heavy atom. The molecule has 1 aliphatic carbocycles. The summed E-state index contributed by atoms with van der Waals surface area (Å²) < 4.78 is 28.5. The van der Waals surface area contributed by atoms with Crippen molar-refractivity contribution in [3.05, 3.63) is 41.9 Å². The highest BCUT2D eigenvalue weighted by Crippen LogP contribution is 2.39. The zero-order chi connectivity index (χ0) is 19.2. The van der Waals surface area contributed by atoms with Gasteiger partial charge in [-0.2, -0.15) is 5.10 Å². The molecule has 1 saturated carbocycles. The SMILES string of the molecule is CC1(C)OB(C(F)=Cc2cn(CC3CC3)nc2-c2ccccn2)OC1(C)C. The zero-order valence-corrected chi connectivity index (χ0v) is 16.3. The highest BCUT2D eigenvalue weighted by Gasteiger charge is 2.53. The molecule has 7 heteroatoms. The summed E-state index contributed by atoms with van der Waals surface area (Å²) in [5.74, 6) is 0.672. The summed E-state index contributed by atoms with van der Waals surface area (Å²) in [5.41, 5.74) is 0.451. The molecule has 2 aromatic rings. The van der Waals surface area contributed by atoms with E-state index in [0.717, 1.165) is 12.2 Å². The van der Waals surface area contributed by atoms with Gasteiger partial charge in [-0.25, -0.2) is 4.39 Å². The fourth-order valence-corrected chi connectivity index (χ4v) is 3.08. The first-order valence-electron chi connectivity index (χ1n) is 9.47. The number of nitrogens with zero attached hydrogens (tertiary/aromatic N) is 3. The normalized spacial score (nSPS) is 21.7. The molecule has 0 bridgehead atoms. The van der Waals surface area contributed by atoms with Gasteiger partial charge in [0.2, 0.25) is 0 Å². The van der Waals surface area contributed by atoms with Crippen molar-refractivity contribution < 1.29 is 13.7 Å². The first-order chi connectivity index (χ1) is 12.7. The van der Waals surface area contributed by atoms with Crippen LogP contribution in [0.4, 0.5) is 4.39 Å². The van der Waals surface area contributed by atoms with Crippen molar-refractivity contribution in [3.63, 3.8) is 0 Å². The summed E-state index contributed by atoms with van der Waals surface area (Å²) in [6, 6.07) is 5.64. The van der Waals surface area contributed by atoms with E-state index in [-0.39, 0.29) is 0 Å². The molecule has 2 aromatic heterocycles. The second-order valence-corrected chi connectivity index (χ2v) is 8.43. The van der Waals surface area contributed by atoms with Gasteiger partial charge in [-0.15, -0.1) is 0 Å². The highest BCUT2D eigenvalue weighted by molar-refractivity contribution is 6.54. The van der Waals surface area contributed by atoms with Crippen molar-refractivity contribution in [2.45, 2.75) is 58.3 Å². The van der Waals surface area contributed by atoms with Crippen LogP contribution in [0.3, 0.4) is 0 Å². The molecule has 5 nitrogen and oxygen atoms in total. The van der Waals surface area contributed by atoms with Gasteiger partial charge < -0.3 is 9.31 Å². The third-order valence-electron chi connectivity index (χ3n) is 5.61. The average molecular weight is 369 g/mol. The molecule has 4 rings (SSSR count). The number of hydrogen-bond donors (Lipinski definition) is 0. The lowest BCUT2D eigenvalue weighted by molar-refractivity contribution is 0.00578. The van der Waals surface area contributed by atoms with Gasteiger partial charge in [0, 0.05) is 24.5 Å². The quantitative estimate of drug-likeness (QED) is 0.738. The van der Waals surface area contributed by atoms with Gasteiger partial charge in [-0.05, 0) is 64.7 Å². The maximum atomic E-state index is 15.0. The Labute approximate surface area is 159 Å². The molecule has 3 heterocycles. The molecule has 0 N–H and O–H groups in total. The first-order valence-corrected chi connectivity index (χ1v) is 9.47. The van der Waals surface area contributed by atoms with E-state index in [1.807, 2.05) is 56.8 Å². The van der Waals surface area contributed by atoms with Crippen molar-refractivity contribution in [2.75, 3.05) is 0 Å². The molecule has 142 valence electrons. The lowest BCUT2D eigenvalue weighted by Gasteiger charge is -2.32. The smallest absolute Gasteiger partial charge is 0.398 e. The van der Waals surface area contributed by atoms with Crippen molar-refractivity contribution in [3.8, 4) is 11.4 Å². The van der Waals surface area contributed by atoms with Gasteiger partial charge in [0.1, 0.15) is 11.4 Å². The summed E-state index contributed by atoms with van der Waals surface area (Å²) >= 11 is 0. The maximum absolute atomic E-state index is 15.0. The van der Waals surface area contributed by atoms with E-state index in [9.17, 15) is 0 Å². The number of pyridine rings is 1. The fourth-order valence-electron chi connectivity index (χ4n) is 3.08. The van der Waals surface area contributed by atoms with Gasteiger partial charge in [0.25, 0.3) is 0 Å². The minimum Gasteiger partial charge on any atom is -0.398 e. The fraction of sp³-hybridized carbons (Fsp3) is 0.500. The third kappa shape index (κ3) is 3.71.